The monoisotopic (exact) mass is 398 g/mol. The van der Waals surface area contributed by atoms with Crippen LogP contribution in [0.5, 0.6) is 0 Å². The lowest BCUT2D eigenvalue weighted by Crippen LogP contribution is -2.41. The number of nitrogens with zero attached hydrogens (tertiary/aromatic N) is 4. The molecule has 0 radical (unpaired) electrons. The molecule has 0 fully saturated rings. The van der Waals surface area contributed by atoms with Gasteiger partial charge in [0.25, 0.3) is 5.91 Å². The second kappa shape index (κ2) is 6.89. The summed E-state index contributed by atoms with van der Waals surface area (Å²) in [6.07, 6.45) is 0.810. The number of thiazole rings is 1. The van der Waals surface area contributed by atoms with Gasteiger partial charge in [0.05, 0.1) is 11.7 Å². The number of alkyl halides is 3. The number of nitrogens with two attached hydrogens (primary N) is 1. The van der Waals surface area contributed by atoms with Gasteiger partial charge in [0, 0.05) is 17.8 Å². The lowest BCUT2D eigenvalue weighted by molar-refractivity contribution is -0.140. The van der Waals surface area contributed by atoms with E-state index in [9.17, 15) is 18.0 Å². The Hall–Kier alpha value is -2.53. The molecule has 3 aromatic heterocycles. The van der Waals surface area contributed by atoms with E-state index in [-0.39, 0.29) is 10.6 Å². The summed E-state index contributed by atoms with van der Waals surface area (Å²) >= 11 is 0.840. The third-order valence-corrected chi connectivity index (χ3v) is 5.01. The summed E-state index contributed by atoms with van der Waals surface area (Å²) in [5.41, 5.74) is 4.88. The molecular weight excluding hydrogens is 381 g/mol. The predicted octanol–water partition coefficient (Wildman–Crippen LogP) is 2.37. The second-order valence-electron chi connectivity index (χ2n) is 6.44. The first-order valence-corrected chi connectivity index (χ1v) is 8.88. The first kappa shape index (κ1) is 19.2. The Kier molecular flexibility index (Phi) is 4.91. The topological polar surface area (TPSA) is 98.2 Å². The Morgan fingerprint density at radius 3 is 2.70 bits per heavy atom. The maximum atomic E-state index is 12.8. The van der Waals surface area contributed by atoms with Crippen LogP contribution in [-0.4, -0.2) is 32.0 Å². The molecule has 0 unspecified atom stereocenters. The van der Waals surface area contributed by atoms with Crippen molar-refractivity contribution in [1.82, 2.24) is 24.9 Å². The number of aromatic nitrogens is 4. The molecule has 0 aromatic carbocycles. The molecule has 11 heteroatoms. The smallest absolute Gasteiger partial charge is 0.340 e. The Morgan fingerprint density at radius 2 is 2.07 bits per heavy atom. The van der Waals surface area contributed by atoms with Gasteiger partial charge in [-0.1, -0.05) is 0 Å². The number of fused-ring (bicyclic) bond motifs is 1. The van der Waals surface area contributed by atoms with Crippen molar-refractivity contribution in [2.45, 2.75) is 32.0 Å². The van der Waals surface area contributed by atoms with E-state index in [1.165, 1.54) is 10.7 Å². The van der Waals surface area contributed by atoms with Crippen molar-refractivity contribution in [2.75, 3.05) is 6.54 Å². The fourth-order valence-electron chi connectivity index (χ4n) is 2.46. The van der Waals surface area contributed by atoms with Gasteiger partial charge in [0.2, 0.25) is 0 Å². The molecule has 3 N–H and O–H groups in total. The Morgan fingerprint density at radius 1 is 1.33 bits per heavy atom. The predicted molar refractivity (Wildman–Crippen MR) is 93.4 cm³/mol. The Balaban J connectivity index is 1.84. The number of halogens is 3. The van der Waals surface area contributed by atoms with Crippen LogP contribution in [0.3, 0.4) is 0 Å². The third-order valence-electron chi connectivity index (χ3n) is 3.84. The zero-order valence-electron chi connectivity index (χ0n) is 14.5. The zero-order chi connectivity index (χ0) is 19.8. The molecule has 0 bridgehead atoms. The van der Waals surface area contributed by atoms with Gasteiger partial charge >= 0.3 is 6.18 Å². The van der Waals surface area contributed by atoms with Gasteiger partial charge in [-0.2, -0.15) is 18.3 Å². The van der Waals surface area contributed by atoms with E-state index >= 15 is 0 Å². The fourth-order valence-corrected chi connectivity index (χ4v) is 3.37. The van der Waals surface area contributed by atoms with E-state index in [0.29, 0.717) is 18.6 Å². The molecule has 0 atom stereocenters. The molecule has 0 spiro atoms. The van der Waals surface area contributed by atoms with Crippen molar-refractivity contribution >= 4 is 22.9 Å². The van der Waals surface area contributed by atoms with Crippen molar-refractivity contribution in [1.29, 1.82) is 0 Å². The third kappa shape index (κ3) is 3.93. The maximum Gasteiger partial charge on any atom is 0.434 e. The minimum Gasteiger partial charge on any atom is -0.340 e. The van der Waals surface area contributed by atoms with Crippen LogP contribution in [0.2, 0.25) is 0 Å². The van der Waals surface area contributed by atoms with Crippen molar-refractivity contribution in [3.05, 3.63) is 45.8 Å². The Labute approximate surface area is 156 Å². The molecule has 0 aliphatic carbocycles. The van der Waals surface area contributed by atoms with Gasteiger partial charge in [-0.3, -0.25) is 4.79 Å². The molecule has 7 nitrogen and oxygen atoms in total. The highest BCUT2D eigenvalue weighted by molar-refractivity contribution is 7.09. The number of carbonyl (C=O) groups excluding carboxylic acids is 1. The summed E-state index contributed by atoms with van der Waals surface area (Å²) in [4.78, 5) is 20.5. The Bertz CT molecular complexity index is 978. The lowest BCUT2D eigenvalue weighted by atomic mass is 10.1. The number of amides is 1. The number of nitrogens with one attached hydrogen (secondary N) is 1. The molecule has 0 aliphatic heterocycles. The highest BCUT2D eigenvalue weighted by Gasteiger charge is 2.36. The van der Waals surface area contributed by atoms with Gasteiger partial charge in [-0.25, -0.2) is 14.5 Å². The van der Waals surface area contributed by atoms with E-state index in [0.717, 1.165) is 22.3 Å². The molecule has 0 saturated heterocycles. The number of hydrogen-bond acceptors (Lipinski definition) is 6. The summed E-state index contributed by atoms with van der Waals surface area (Å²) in [6, 6.07) is 0. The molecule has 1 amide bonds. The van der Waals surface area contributed by atoms with Crippen LogP contribution in [0.25, 0.3) is 5.65 Å². The largest absolute Gasteiger partial charge is 0.434 e. The van der Waals surface area contributed by atoms with Crippen LogP contribution in [-0.2, 0) is 18.1 Å². The summed E-state index contributed by atoms with van der Waals surface area (Å²) in [6.45, 7) is 3.63. The van der Waals surface area contributed by atoms with E-state index in [4.69, 9.17) is 5.73 Å². The van der Waals surface area contributed by atoms with Gasteiger partial charge in [-0.05, 0) is 32.4 Å². The minimum absolute atomic E-state index is 0.151. The highest BCUT2D eigenvalue weighted by atomic mass is 32.1. The highest BCUT2D eigenvalue weighted by Crippen LogP contribution is 2.33. The molecular formula is C16H17F3N6OS. The summed E-state index contributed by atoms with van der Waals surface area (Å²) in [5.74, 6) is -0.502. The summed E-state index contributed by atoms with van der Waals surface area (Å²) in [5, 5.41) is 7.89. The van der Waals surface area contributed by atoms with E-state index in [1.54, 1.807) is 26.2 Å². The quantitative estimate of drug-likeness (QED) is 0.688. The average Bonchev–Trinajstić information content (AvgIpc) is 3.21. The molecule has 0 aliphatic rings. The van der Waals surface area contributed by atoms with Gasteiger partial charge in [-0.15, -0.1) is 11.3 Å². The number of carbonyl (C=O) groups is 1. The van der Waals surface area contributed by atoms with E-state index < -0.39 is 23.3 Å². The van der Waals surface area contributed by atoms with Crippen LogP contribution in [0.4, 0.5) is 13.2 Å². The normalized spacial score (nSPS) is 12.5. The van der Waals surface area contributed by atoms with Crippen molar-refractivity contribution in [3.8, 4) is 0 Å². The second-order valence-corrected chi connectivity index (χ2v) is 7.30. The van der Waals surface area contributed by atoms with Gasteiger partial charge in [0.15, 0.2) is 11.3 Å². The fraction of sp³-hybridized carbons (Fsp3) is 0.375. The molecule has 3 rings (SSSR count). The molecule has 144 valence electrons. The summed E-state index contributed by atoms with van der Waals surface area (Å²) in [7, 11) is 0. The van der Waals surface area contributed by atoms with Gasteiger partial charge in [0.1, 0.15) is 10.6 Å². The maximum absolute atomic E-state index is 12.8. The minimum atomic E-state index is -4.53. The SMILES string of the molecule is CC(C)(NC(=O)c1cnn2cc(CCN)cnc12)c1nc(C(F)(F)F)cs1. The molecule has 3 aromatic rings. The van der Waals surface area contributed by atoms with E-state index in [2.05, 4.69) is 20.4 Å². The molecule has 27 heavy (non-hydrogen) atoms. The molecule has 0 saturated carbocycles. The van der Waals surface area contributed by atoms with Crippen LogP contribution in [0.15, 0.2) is 24.0 Å². The van der Waals surface area contributed by atoms with Gasteiger partial charge < -0.3 is 11.1 Å². The van der Waals surface area contributed by atoms with Crippen LogP contribution in [0.1, 0.15) is 40.5 Å². The number of hydrogen-bond donors (Lipinski definition) is 2. The first-order chi connectivity index (χ1) is 12.6. The average molecular weight is 398 g/mol. The standard InChI is InChI=1S/C16H17F3N6OS/c1-15(2,14-23-11(8-27-14)16(17,18)19)24-13(26)10-6-22-25-7-9(3-4-20)5-21-12(10)25/h5-8H,3-4,20H2,1-2H3,(H,24,26). The number of rotatable bonds is 5. The lowest BCUT2D eigenvalue weighted by Gasteiger charge is -2.23. The van der Waals surface area contributed by atoms with Crippen molar-refractivity contribution < 1.29 is 18.0 Å². The first-order valence-electron chi connectivity index (χ1n) is 8.00. The van der Waals surface area contributed by atoms with E-state index in [1.807, 2.05) is 0 Å². The van der Waals surface area contributed by atoms with Crippen LogP contribution < -0.4 is 11.1 Å². The van der Waals surface area contributed by atoms with Crippen molar-refractivity contribution in [2.24, 2.45) is 5.73 Å². The molecule has 3 heterocycles. The van der Waals surface area contributed by atoms with Crippen LogP contribution >= 0.6 is 11.3 Å². The van der Waals surface area contributed by atoms with Crippen molar-refractivity contribution in [3.63, 3.8) is 0 Å². The van der Waals surface area contributed by atoms with Crippen LogP contribution in [0, 0.1) is 0 Å². The summed E-state index contributed by atoms with van der Waals surface area (Å²) < 4.78 is 39.8. The zero-order valence-corrected chi connectivity index (χ0v) is 15.4.